The summed E-state index contributed by atoms with van der Waals surface area (Å²) in [6.45, 7) is 0. The van der Waals surface area contributed by atoms with E-state index in [9.17, 15) is 9.90 Å². The summed E-state index contributed by atoms with van der Waals surface area (Å²) in [4.78, 5) is 12.0. The molecule has 100 valence electrons. The van der Waals surface area contributed by atoms with E-state index in [1.807, 2.05) is 0 Å². The van der Waals surface area contributed by atoms with Gasteiger partial charge in [-0.05, 0) is 25.0 Å². The van der Waals surface area contributed by atoms with E-state index in [1.165, 1.54) is 0 Å². The van der Waals surface area contributed by atoms with Gasteiger partial charge < -0.3 is 16.2 Å². The fourth-order valence-electron chi connectivity index (χ4n) is 2.23. The number of benzene rings is 1. The zero-order chi connectivity index (χ0) is 12.3. The summed E-state index contributed by atoms with van der Waals surface area (Å²) in [6, 6.07) is 6.83. The summed E-state index contributed by atoms with van der Waals surface area (Å²) >= 11 is 0. The molecule has 1 saturated carbocycles. The summed E-state index contributed by atoms with van der Waals surface area (Å²) in [6.07, 6.45) is 3.24. The summed E-state index contributed by atoms with van der Waals surface area (Å²) < 4.78 is 0. The van der Waals surface area contributed by atoms with Gasteiger partial charge in [-0.2, -0.15) is 0 Å². The summed E-state index contributed by atoms with van der Waals surface area (Å²) in [5.41, 5.74) is 6.68. The van der Waals surface area contributed by atoms with Gasteiger partial charge in [0.25, 0.3) is 5.91 Å². The molecule has 1 aromatic carbocycles. The molecule has 0 aliphatic heterocycles. The van der Waals surface area contributed by atoms with E-state index in [-0.39, 0.29) is 24.4 Å². The van der Waals surface area contributed by atoms with Crippen LogP contribution in [0.25, 0.3) is 0 Å². The van der Waals surface area contributed by atoms with Crippen molar-refractivity contribution < 1.29 is 9.90 Å². The highest BCUT2D eigenvalue weighted by Gasteiger charge is 2.25. The number of aliphatic hydroxyl groups is 1. The fourth-order valence-corrected chi connectivity index (χ4v) is 2.23. The van der Waals surface area contributed by atoms with E-state index < -0.39 is 6.10 Å². The first-order valence-corrected chi connectivity index (χ1v) is 6.02. The third-order valence-corrected chi connectivity index (χ3v) is 3.25. The normalized spacial score (nSPS) is 22.9. The molecule has 5 heteroatoms. The molecule has 0 radical (unpaired) electrons. The molecule has 0 unspecified atom stereocenters. The van der Waals surface area contributed by atoms with E-state index in [4.69, 9.17) is 5.73 Å². The van der Waals surface area contributed by atoms with Crippen LogP contribution in [0.4, 0.5) is 5.69 Å². The number of para-hydroxylation sites is 1. The second-order valence-electron chi connectivity index (χ2n) is 4.52. The van der Waals surface area contributed by atoms with Crippen LogP contribution >= 0.6 is 12.4 Å². The number of nitrogens with one attached hydrogen (secondary N) is 1. The van der Waals surface area contributed by atoms with Crippen LogP contribution in [0.2, 0.25) is 0 Å². The van der Waals surface area contributed by atoms with E-state index in [2.05, 4.69) is 5.32 Å². The zero-order valence-electron chi connectivity index (χ0n) is 10.1. The lowest BCUT2D eigenvalue weighted by molar-refractivity contribution is 0.0718. The minimum absolute atomic E-state index is 0. The Labute approximate surface area is 113 Å². The molecule has 0 heterocycles. The van der Waals surface area contributed by atoms with Crippen molar-refractivity contribution in [2.75, 3.05) is 5.73 Å². The predicted molar refractivity (Wildman–Crippen MR) is 73.8 cm³/mol. The molecule has 1 fully saturated rings. The Morgan fingerprint density at radius 2 is 1.94 bits per heavy atom. The van der Waals surface area contributed by atoms with E-state index in [1.54, 1.807) is 24.3 Å². The average molecular weight is 271 g/mol. The van der Waals surface area contributed by atoms with E-state index in [0.717, 1.165) is 25.7 Å². The number of aliphatic hydroxyl groups excluding tert-OH is 1. The van der Waals surface area contributed by atoms with Crippen molar-refractivity contribution >= 4 is 24.0 Å². The molecule has 1 aromatic rings. The second-order valence-corrected chi connectivity index (χ2v) is 4.52. The lowest BCUT2D eigenvalue weighted by atomic mass is 9.92. The zero-order valence-corrected chi connectivity index (χ0v) is 11.0. The SMILES string of the molecule is Cl.Nc1ccccc1C(=O)N[C@H]1CCCC[C@@H]1O. The maximum atomic E-state index is 12.0. The number of hydrogen-bond donors (Lipinski definition) is 3. The number of hydrogen-bond acceptors (Lipinski definition) is 3. The molecule has 1 aliphatic rings. The quantitative estimate of drug-likeness (QED) is 0.717. The molecule has 0 spiro atoms. The number of rotatable bonds is 2. The van der Waals surface area contributed by atoms with Crippen LogP contribution in [0.1, 0.15) is 36.0 Å². The van der Waals surface area contributed by atoms with Crippen molar-refractivity contribution in [3.05, 3.63) is 29.8 Å². The van der Waals surface area contributed by atoms with Crippen molar-refractivity contribution in [2.45, 2.75) is 37.8 Å². The van der Waals surface area contributed by atoms with Crippen molar-refractivity contribution in [2.24, 2.45) is 0 Å². The first kappa shape index (κ1) is 14.8. The average Bonchev–Trinajstić information content (AvgIpc) is 2.32. The number of carbonyl (C=O) groups excluding carboxylic acids is 1. The first-order chi connectivity index (χ1) is 8.18. The van der Waals surface area contributed by atoms with Crippen LogP contribution in [0, 0.1) is 0 Å². The van der Waals surface area contributed by atoms with Gasteiger partial charge in [0.05, 0.1) is 17.7 Å². The molecule has 0 bridgehead atoms. The minimum Gasteiger partial charge on any atom is -0.398 e. The van der Waals surface area contributed by atoms with Gasteiger partial charge in [0.15, 0.2) is 0 Å². The Morgan fingerprint density at radius 3 is 2.61 bits per heavy atom. The number of nitrogen functional groups attached to an aromatic ring is 1. The lowest BCUT2D eigenvalue weighted by Crippen LogP contribution is -2.45. The molecule has 1 amide bonds. The Bertz CT molecular complexity index is 412. The van der Waals surface area contributed by atoms with Crippen molar-refractivity contribution in [3.63, 3.8) is 0 Å². The van der Waals surface area contributed by atoms with Crippen LogP contribution in [-0.4, -0.2) is 23.2 Å². The maximum Gasteiger partial charge on any atom is 0.253 e. The van der Waals surface area contributed by atoms with Gasteiger partial charge in [0.2, 0.25) is 0 Å². The number of anilines is 1. The Morgan fingerprint density at radius 1 is 1.28 bits per heavy atom. The third-order valence-electron chi connectivity index (χ3n) is 3.25. The lowest BCUT2D eigenvalue weighted by Gasteiger charge is -2.28. The standard InChI is InChI=1S/C13H18N2O2.ClH/c14-10-6-2-1-5-9(10)13(17)15-11-7-3-4-8-12(11)16;/h1-2,5-6,11-12,16H,3-4,7-8,14H2,(H,15,17);1H/t11-,12-;/m0./s1. The molecule has 4 N–H and O–H groups in total. The third kappa shape index (κ3) is 3.37. The minimum atomic E-state index is -0.433. The topological polar surface area (TPSA) is 75.4 Å². The molecule has 4 nitrogen and oxygen atoms in total. The number of amides is 1. The van der Waals surface area contributed by atoms with E-state index in [0.29, 0.717) is 11.3 Å². The monoisotopic (exact) mass is 270 g/mol. The highest BCUT2D eigenvalue weighted by atomic mass is 35.5. The maximum absolute atomic E-state index is 12.0. The number of carbonyl (C=O) groups is 1. The fraction of sp³-hybridized carbons (Fsp3) is 0.462. The van der Waals surface area contributed by atoms with Gasteiger partial charge in [-0.15, -0.1) is 12.4 Å². The largest absolute Gasteiger partial charge is 0.398 e. The van der Waals surface area contributed by atoms with Gasteiger partial charge in [-0.3, -0.25) is 4.79 Å². The predicted octanol–water partition coefficient (Wildman–Crippen LogP) is 1.72. The van der Waals surface area contributed by atoms with Gasteiger partial charge >= 0.3 is 0 Å². The Hall–Kier alpha value is -1.26. The van der Waals surface area contributed by atoms with Gasteiger partial charge in [-0.1, -0.05) is 25.0 Å². The summed E-state index contributed by atoms with van der Waals surface area (Å²) in [7, 11) is 0. The first-order valence-electron chi connectivity index (χ1n) is 6.02. The van der Waals surface area contributed by atoms with Crippen molar-refractivity contribution in [1.82, 2.24) is 5.32 Å². The van der Waals surface area contributed by atoms with Crippen molar-refractivity contribution in [1.29, 1.82) is 0 Å². The second kappa shape index (κ2) is 6.61. The van der Waals surface area contributed by atoms with Crippen LogP contribution in [-0.2, 0) is 0 Å². The van der Waals surface area contributed by atoms with Crippen LogP contribution in [0.15, 0.2) is 24.3 Å². The molecule has 1 aliphatic carbocycles. The van der Waals surface area contributed by atoms with Crippen LogP contribution < -0.4 is 11.1 Å². The molecule has 18 heavy (non-hydrogen) atoms. The van der Waals surface area contributed by atoms with Crippen LogP contribution in [0.5, 0.6) is 0 Å². The number of halogens is 1. The molecule has 2 atom stereocenters. The molecule has 0 saturated heterocycles. The van der Waals surface area contributed by atoms with Crippen molar-refractivity contribution in [3.8, 4) is 0 Å². The molecular formula is C13H19ClN2O2. The molecular weight excluding hydrogens is 252 g/mol. The Balaban J connectivity index is 0.00000162. The van der Waals surface area contributed by atoms with Gasteiger partial charge in [0, 0.05) is 5.69 Å². The summed E-state index contributed by atoms with van der Waals surface area (Å²) in [5.74, 6) is -0.200. The van der Waals surface area contributed by atoms with Crippen LogP contribution in [0.3, 0.4) is 0 Å². The molecule has 0 aromatic heterocycles. The number of nitrogens with two attached hydrogens (primary N) is 1. The van der Waals surface area contributed by atoms with Gasteiger partial charge in [-0.25, -0.2) is 0 Å². The smallest absolute Gasteiger partial charge is 0.253 e. The molecule has 2 rings (SSSR count). The highest BCUT2D eigenvalue weighted by molar-refractivity contribution is 5.99. The summed E-state index contributed by atoms with van der Waals surface area (Å²) in [5, 5.41) is 12.6. The Kier molecular flexibility index (Phi) is 5.44. The highest BCUT2D eigenvalue weighted by Crippen LogP contribution is 2.19. The van der Waals surface area contributed by atoms with Gasteiger partial charge in [0.1, 0.15) is 0 Å². The van der Waals surface area contributed by atoms with E-state index >= 15 is 0 Å².